The molecule has 1 aromatic carbocycles. The molecule has 0 bridgehead atoms. The number of benzene rings is 1. The summed E-state index contributed by atoms with van der Waals surface area (Å²) in [5.41, 5.74) is 0.844. The molecule has 3 amide bonds. The van der Waals surface area contributed by atoms with Crippen molar-refractivity contribution >= 4 is 17.9 Å². The maximum Gasteiger partial charge on any atom is 0.408 e. The van der Waals surface area contributed by atoms with E-state index in [0.717, 1.165) is 31.5 Å². The number of piperidine rings is 1. The Bertz CT molecular complexity index is 706. The van der Waals surface area contributed by atoms with Gasteiger partial charge in [-0.05, 0) is 64.7 Å². The van der Waals surface area contributed by atoms with E-state index in [9.17, 15) is 14.4 Å². The largest absolute Gasteiger partial charge is 0.444 e. The Morgan fingerprint density at radius 3 is 2.46 bits per heavy atom. The summed E-state index contributed by atoms with van der Waals surface area (Å²) in [6, 6.07) is 6.56. The van der Waals surface area contributed by atoms with Gasteiger partial charge in [0.25, 0.3) is 5.91 Å². The Labute approximate surface area is 166 Å². The van der Waals surface area contributed by atoms with Gasteiger partial charge in [0.15, 0.2) is 0 Å². The summed E-state index contributed by atoms with van der Waals surface area (Å²) in [5.74, 6) is -0.286. The lowest BCUT2D eigenvalue weighted by Gasteiger charge is -2.26. The summed E-state index contributed by atoms with van der Waals surface area (Å²) in [6.07, 6.45) is 2.63. The quantitative estimate of drug-likeness (QED) is 0.811. The van der Waals surface area contributed by atoms with Crippen molar-refractivity contribution in [3.8, 4) is 0 Å². The van der Waals surface area contributed by atoms with Gasteiger partial charge in [0, 0.05) is 25.2 Å². The fourth-order valence-electron chi connectivity index (χ4n) is 2.99. The van der Waals surface area contributed by atoms with Crippen molar-refractivity contribution in [1.29, 1.82) is 0 Å². The molecular formula is C21H31N3O4. The van der Waals surface area contributed by atoms with Crippen molar-refractivity contribution in [3.63, 3.8) is 0 Å². The highest BCUT2D eigenvalue weighted by Crippen LogP contribution is 2.14. The van der Waals surface area contributed by atoms with Gasteiger partial charge in [0.1, 0.15) is 11.6 Å². The van der Waals surface area contributed by atoms with E-state index in [4.69, 9.17) is 4.74 Å². The SMILES string of the molecule is CC(NC(=O)OC(C)(C)C)C(=O)NCc1cccc(C(=O)N2CCCCC2)c1. The minimum atomic E-state index is -0.729. The Morgan fingerprint density at radius 1 is 1.14 bits per heavy atom. The number of alkyl carbamates (subject to hydrolysis) is 1. The second kappa shape index (κ2) is 9.57. The summed E-state index contributed by atoms with van der Waals surface area (Å²) in [7, 11) is 0. The van der Waals surface area contributed by atoms with E-state index in [2.05, 4.69) is 10.6 Å². The molecule has 1 fully saturated rings. The average Bonchev–Trinajstić information content (AvgIpc) is 2.64. The first-order valence-corrected chi connectivity index (χ1v) is 9.81. The van der Waals surface area contributed by atoms with Gasteiger partial charge in [-0.15, -0.1) is 0 Å². The highest BCUT2D eigenvalue weighted by molar-refractivity contribution is 5.94. The van der Waals surface area contributed by atoms with Crippen LogP contribution in [0.4, 0.5) is 4.79 Å². The van der Waals surface area contributed by atoms with Crippen molar-refractivity contribution in [2.24, 2.45) is 0 Å². The number of nitrogens with one attached hydrogen (secondary N) is 2. The van der Waals surface area contributed by atoms with Gasteiger partial charge < -0.3 is 20.3 Å². The molecule has 1 aliphatic heterocycles. The molecule has 1 atom stereocenters. The predicted octanol–water partition coefficient (Wildman–Crippen LogP) is 2.84. The summed E-state index contributed by atoms with van der Waals surface area (Å²) in [5, 5.41) is 5.29. The molecule has 0 aliphatic carbocycles. The van der Waals surface area contributed by atoms with Gasteiger partial charge in [-0.25, -0.2) is 4.79 Å². The lowest BCUT2D eigenvalue weighted by atomic mass is 10.1. The van der Waals surface area contributed by atoms with Gasteiger partial charge in [0.2, 0.25) is 5.91 Å². The van der Waals surface area contributed by atoms with Crippen LogP contribution in [0, 0.1) is 0 Å². The molecule has 1 unspecified atom stereocenters. The fraction of sp³-hybridized carbons (Fsp3) is 0.571. The van der Waals surface area contributed by atoms with Crippen molar-refractivity contribution in [1.82, 2.24) is 15.5 Å². The van der Waals surface area contributed by atoms with Crippen molar-refractivity contribution in [2.45, 2.75) is 65.1 Å². The Morgan fingerprint density at radius 2 is 1.82 bits per heavy atom. The summed E-state index contributed by atoms with van der Waals surface area (Å²) in [6.45, 7) is 8.75. The Balaban J connectivity index is 1.87. The standard InChI is InChI=1S/C21H31N3O4/c1-15(23-20(27)28-21(2,3)4)18(25)22-14-16-9-8-10-17(13-16)19(26)24-11-6-5-7-12-24/h8-10,13,15H,5-7,11-12,14H2,1-4H3,(H,22,25)(H,23,27). The molecular weight excluding hydrogens is 358 g/mol. The molecule has 0 aromatic heterocycles. The van der Waals surface area contributed by atoms with Crippen LogP contribution in [0.2, 0.25) is 0 Å². The summed E-state index contributed by atoms with van der Waals surface area (Å²) < 4.78 is 5.15. The zero-order chi connectivity index (χ0) is 20.7. The van der Waals surface area contributed by atoms with Crippen LogP contribution in [0.5, 0.6) is 0 Å². The molecule has 1 heterocycles. The van der Waals surface area contributed by atoms with E-state index in [0.29, 0.717) is 5.56 Å². The van der Waals surface area contributed by atoms with Crippen molar-refractivity contribution in [2.75, 3.05) is 13.1 Å². The van der Waals surface area contributed by atoms with Crippen LogP contribution < -0.4 is 10.6 Å². The van der Waals surface area contributed by atoms with Crippen LogP contribution in [-0.2, 0) is 16.1 Å². The van der Waals surface area contributed by atoms with Gasteiger partial charge in [-0.3, -0.25) is 9.59 Å². The van der Waals surface area contributed by atoms with Crippen molar-refractivity contribution < 1.29 is 19.1 Å². The molecule has 154 valence electrons. The monoisotopic (exact) mass is 389 g/mol. The molecule has 2 rings (SSSR count). The van der Waals surface area contributed by atoms with Crippen LogP contribution in [0.15, 0.2) is 24.3 Å². The Kier molecular flexibility index (Phi) is 7.43. The van der Waals surface area contributed by atoms with Crippen LogP contribution in [-0.4, -0.2) is 47.5 Å². The number of nitrogens with zero attached hydrogens (tertiary/aromatic N) is 1. The number of ether oxygens (including phenoxy) is 1. The number of carbonyl (C=O) groups is 3. The maximum atomic E-state index is 12.6. The fourth-order valence-corrected chi connectivity index (χ4v) is 2.99. The molecule has 1 saturated heterocycles. The van der Waals surface area contributed by atoms with Crippen molar-refractivity contribution in [3.05, 3.63) is 35.4 Å². The maximum absolute atomic E-state index is 12.6. The zero-order valence-corrected chi connectivity index (χ0v) is 17.2. The molecule has 0 spiro atoms. The first-order valence-electron chi connectivity index (χ1n) is 9.81. The molecule has 1 aromatic rings. The van der Waals surface area contributed by atoms with E-state index < -0.39 is 17.7 Å². The molecule has 28 heavy (non-hydrogen) atoms. The first-order chi connectivity index (χ1) is 13.2. The third-order valence-electron chi connectivity index (χ3n) is 4.41. The average molecular weight is 389 g/mol. The topological polar surface area (TPSA) is 87.7 Å². The summed E-state index contributed by atoms with van der Waals surface area (Å²) in [4.78, 5) is 38.5. The van der Waals surface area contributed by atoms with Gasteiger partial charge in [0.05, 0.1) is 0 Å². The van der Waals surface area contributed by atoms with Gasteiger partial charge in [-0.1, -0.05) is 12.1 Å². The molecule has 7 heteroatoms. The Hall–Kier alpha value is -2.57. The molecule has 1 aliphatic rings. The van der Waals surface area contributed by atoms with Gasteiger partial charge in [-0.2, -0.15) is 0 Å². The highest BCUT2D eigenvalue weighted by Gasteiger charge is 2.21. The molecule has 2 N–H and O–H groups in total. The van der Waals surface area contributed by atoms with Crippen LogP contribution >= 0.6 is 0 Å². The van der Waals surface area contributed by atoms with E-state index in [1.165, 1.54) is 6.42 Å². The van der Waals surface area contributed by atoms with E-state index in [-0.39, 0.29) is 18.4 Å². The second-order valence-corrected chi connectivity index (χ2v) is 8.14. The number of hydrogen-bond acceptors (Lipinski definition) is 4. The molecule has 7 nitrogen and oxygen atoms in total. The number of carbonyl (C=O) groups excluding carboxylic acids is 3. The number of amides is 3. The normalized spacial score (nSPS) is 15.5. The lowest BCUT2D eigenvalue weighted by molar-refractivity contribution is -0.122. The second-order valence-electron chi connectivity index (χ2n) is 8.14. The third kappa shape index (κ3) is 6.87. The molecule has 0 radical (unpaired) electrons. The third-order valence-corrected chi connectivity index (χ3v) is 4.41. The predicted molar refractivity (Wildman–Crippen MR) is 107 cm³/mol. The smallest absolute Gasteiger partial charge is 0.408 e. The van der Waals surface area contributed by atoms with Crippen LogP contribution in [0.1, 0.15) is 62.9 Å². The van der Waals surface area contributed by atoms with Gasteiger partial charge >= 0.3 is 6.09 Å². The van der Waals surface area contributed by atoms with E-state index in [1.54, 1.807) is 33.8 Å². The lowest BCUT2D eigenvalue weighted by Crippen LogP contribution is -2.46. The molecule has 0 saturated carbocycles. The minimum Gasteiger partial charge on any atom is -0.444 e. The summed E-state index contributed by atoms with van der Waals surface area (Å²) >= 11 is 0. The first kappa shape index (κ1) is 21.7. The number of hydrogen-bond donors (Lipinski definition) is 2. The van der Waals surface area contributed by atoms with Crippen LogP contribution in [0.3, 0.4) is 0 Å². The zero-order valence-electron chi connectivity index (χ0n) is 17.2. The highest BCUT2D eigenvalue weighted by atomic mass is 16.6. The van der Waals surface area contributed by atoms with E-state index >= 15 is 0 Å². The van der Waals surface area contributed by atoms with E-state index in [1.807, 2.05) is 23.1 Å². The number of rotatable bonds is 5. The van der Waals surface area contributed by atoms with Crippen LogP contribution in [0.25, 0.3) is 0 Å². The minimum absolute atomic E-state index is 0.0350. The number of likely N-dealkylation sites (tertiary alicyclic amines) is 1.